The lowest BCUT2D eigenvalue weighted by Gasteiger charge is -2.21. The minimum absolute atomic E-state index is 0.0375. The number of benzene rings is 1. The van der Waals surface area contributed by atoms with Gasteiger partial charge in [0.2, 0.25) is 5.91 Å². The van der Waals surface area contributed by atoms with E-state index in [4.69, 9.17) is 5.73 Å². The summed E-state index contributed by atoms with van der Waals surface area (Å²) in [4.78, 5) is 24.1. The lowest BCUT2D eigenvalue weighted by atomic mass is 10.1. The molecule has 0 aromatic heterocycles. The number of amides is 1. The number of rotatable bonds is 3. The predicted molar refractivity (Wildman–Crippen MR) is 72.1 cm³/mol. The van der Waals surface area contributed by atoms with E-state index >= 15 is 0 Å². The van der Waals surface area contributed by atoms with Crippen LogP contribution in [-0.2, 0) is 4.79 Å². The Kier molecular flexibility index (Phi) is 3.53. The van der Waals surface area contributed by atoms with E-state index < -0.39 is 4.92 Å². The molecule has 0 spiro atoms. The van der Waals surface area contributed by atoms with Crippen LogP contribution < -0.4 is 10.6 Å². The van der Waals surface area contributed by atoms with Crippen LogP contribution in [0.5, 0.6) is 0 Å². The molecule has 0 radical (unpaired) electrons. The third kappa shape index (κ3) is 2.44. The fraction of sp³-hybridized carbons (Fsp3) is 0.462. The molecule has 0 saturated carbocycles. The SMILES string of the molecule is Cc1cc([N+](=O)[O-])cc(C)c1N1CC(CN)CC1=O. The second-order valence-corrected chi connectivity index (χ2v) is 5.00. The molecule has 1 unspecified atom stereocenters. The van der Waals surface area contributed by atoms with Gasteiger partial charge >= 0.3 is 0 Å². The van der Waals surface area contributed by atoms with Gasteiger partial charge in [-0.1, -0.05) is 0 Å². The van der Waals surface area contributed by atoms with Gasteiger partial charge in [-0.2, -0.15) is 0 Å². The van der Waals surface area contributed by atoms with Gasteiger partial charge < -0.3 is 10.6 Å². The molecule has 6 nitrogen and oxygen atoms in total. The lowest BCUT2D eigenvalue weighted by molar-refractivity contribution is -0.384. The molecule has 102 valence electrons. The largest absolute Gasteiger partial charge is 0.330 e. The van der Waals surface area contributed by atoms with Crippen molar-refractivity contribution in [3.05, 3.63) is 33.4 Å². The van der Waals surface area contributed by atoms with E-state index in [2.05, 4.69) is 0 Å². The van der Waals surface area contributed by atoms with Crippen molar-refractivity contribution in [3.63, 3.8) is 0 Å². The summed E-state index contributed by atoms with van der Waals surface area (Å²) in [5, 5.41) is 10.8. The zero-order chi connectivity index (χ0) is 14.2. The Bertz CT molecular complexity index is 519. The van der Waals surface area contributed by atoms with Gasteiger partial charge in [-0.05, 0) is 37.4 Å². The Hall–Kier alpha value is -1.95. The normalized spacial score (nSPS) is 19.0. The zero-order valence-corrected chi connectivity index (χ0v) is 11.0. The summed E-state index contributed by atoms with van der Waals surface area (Å²) in [7, 11) is 0. The zero-order valence-electron chi connectivity index (χ0n) is 11.0. The van der Waals surface area contributed by atoms with Crippen molar-refractivity contribution in [1.82, 2.24) is 0 Å². The smallest absolute Gasteiger partial charge is 0.270 e. The van der Waals surface area contributed by atoms with E-state index in [0.29, 0.717) is 19.5 Å². The van der Waals surface area contributed by atoms with Crippen molar-refractivity contribution in [2.75, 3.05) is 18.0 Å². The van der Waals surface area contributed by atoms with E-state index in [1.807, 2.05) is 0 Å². The molecule has 1 aliphatic rings. The third-order valence-electron chi connectivity index (χ3n) is 3.50. The molecule has 0 bridgehead atoms. The summed E-state index contributed by atoms with van der Waals surface area (Å²) in [6.07, 6.45) is 0.451. The van der Waals surface area contributed by atoms with Gasteiger partial charge in [0.25, 0.3) is 5.69 Å². The average Bonchev–Trinajstić information content (AvgIpc) is 2.70. The molecule has 1 saturated heterocycles. The first-order valence-electron chi connectivity index (χ1n) is 6.20. The Labute approximate surface area is 111 Å². The van der Waals surface area contributed by atoms with Crippen LogP contribution in [0, 0.1) is 29.9 Å². The minimum atomic E-state index is -0.418. The number of carbonyl (C=O) groups excluding carboxylic acids is 1. The predicted octanol–water partition coefficient (Wildman–Crippen LogP) is 1.52. The summed E-state index contributed by atoms with van der Waals surface area (Å²) in [6, 6.07) is 3.01. The highest BCUT2D eigenvalue weighted by molar-refractivity contribution is 5.97. The summed E-state index contributed by atoms with van der Waals surface area (Å²) >= 11 is 0. The summed E-state index contributed by atoms with van der Waals surface area (Å²) in [5.74, 6) is 0.206. The number of anilines is 1. The molecule has 1 amide bonds. The molecule has 0 aliphatic carbocycles. The molecule has 1 fully saturated rings. The van der Waals surface area contributed by atoms with Crippen LogP contribution in [0.3, 0.4) is 0 Å². The van der Waals surface area contributed by atoms with Crippen LogP contribution in [0.25, 0.3) is 0 Å². The van der Waals surface area contributed by atoms with Crippen LogP contribution in [-0.4, -0.2) is 23.9 Å². The van der Waals surface area contributed by atoms with Gasteiger partial charge in [0.1, 0.15) is 0 Å². The second-order valence-electron chi connectivity index (χ2n) is 5.00. The fourth-order valence-electron chi connectivity index (χ4n) is 2.62. The molecule has 1 heterocycles. The van der Waals surface area contributed by atoms with Crippen LogP contribution in [0.4, 0.5) is 11.4 Å². The number of nitro benzene ring substituents is 1. The number of non-ortho nitro benzene ring substituents is 1. The fourth-order valence-corrected chi connectivity index (χ4v) is 2.62. The minimum Gasteiger partial charge on any atom is -0.330 e. The van der Waals surface area contributed by atoms with Gasteiger partial charge in [-0.25, -0.2) is 0 Å². The summed E-state index contributed by atoms with van der Waals surface area (Å²) < 4.78 is 0. The molecule has 2 rings (SSSR count). The van der Waals surface area contributed by atoms with Gasteiger partial charge in [0.15, 0.2) is 0 Å². The molecular formula is C13H17N3O3. The number of nitro groups is 1. The van der Waals surface area contributed by atoms with E-state index in [1.54, 1.807) is 18.7 Å². The number of nitrogens with two attached hydrogens (primary N) is 1. The highest BCUT2D eigenvalue weighted by Gasteiger charge is 2.31. The number of hydrogen-bond donors (Lipinski definition) is 1. The highest BCUT2D eigenvalue weighted by Crippen LogP contribution is 2.33. The monoisotopic (exact) mass is 263 g/mol. The molecule has 19 heavy (non-hydrogen) atoms. The van der Waals surface area contributed by atoms with Crippen molar-refractivity contribution in [1.29, 1.82) is 0 Å². The third-order valence-corrected chi connectivity index (χ3v) is 3.50. The molecule has 1 aromatic rings. The van der Waals surface area contributed by atoms with E-state index in [1.165, 1.54) is 12.1 Å². The molecule has 1 atom stereocenters. The van der Waals surface area contributed by atoms with Crippen LogP contribution in [0.15, 0.2) is 12.1 Å². The van der Waals surface area contributed by atoms with E-state index in [-0.39, 0.29) is 17.5 Å². The maximum Gasteiger partial charge on any atom is 0.270 e. The Balaban J connectivity index is 2.41. The maximum atomic E-state index is 12.0. The number of aryl methyl sites for hydroxylation is 2. The Morgan fingerprint density at radius 2 is 2.00 bits per heavy atom. The Morgan fingerprint density at radius 1 is 1.42 bits per heavy atom. The molecule has 6 heteroatoms. The van der Waals surface area contributed by atoms with Crippen molar-refractivity contribution in [2.24, 2.45) is 11.7 Å². The van der Waals surface area contributed by atoms with Gasteiger partial charge in [-0.15, -0.1) is 0 Å². The lowest BCUT2D eigenvalue weighted by Crippen LogP contribution is -2.27. The van der Waals surface area contributed by atoms with Crippen molar-refractivity contribution < 1.29 is 9.72 Å². The topological polar surface area (TPSA) is 89.5 Å². The Morgan fingerprint density at radius 3 is 2.42 bits per heavy atom. The summed E-state index contributed by atoms with van der Waals surface area (Å²) in [6.45, 7) is 4.65. The number of hydrogen-bond acceptors (Lipinski definition) is 4. The standard InChI is InChI=1S/C13H17N3O3/c1-8-3-11(16(18)19)4-9(2)13(8)15-7-10(6-14)5-12(15)17/h3-4,10H,5-7,14H2,1-2H3. The second kappa shape index (κ2) is 4.97. The van der Waals surface area contributed by atoms with E-state index in [0.717, 1.165) is 16.8 Å². The van der Waals surface area contributed by atoms with Crippen molar-refractivity contribution >= 4 is 17.3 Å². The molecular weight excluding hydrogens is 246 g/mol. The molecule has 2 N–H and O–H groups in total. The van der Waals surface area contributed by atoms with Gasteiger partial charge in [-0.3, -0.25) is 14.9 Å². The highest BCUT2D eigenvalue weighted by atomic mass is 16.6. The van der Waals surface area contributed by atoms with Crippen LogP contribution in [0.1, 0.15) is 17.5 Å². The quantitative estimate of drug-likeness (QED) is 0.661. The summed E-state index contributed by atoms with van der Waals surface area (Å²) in [5.41, 5.74) is 7.94. The van der Waals surface area contributed by atoms with Crippen LogP contribution >= 0.6 is 0 Å². The first-order valence-corrected chi connectivity index (χ1v) is 6.20. The van der Waals surface area contributed by atoms with Crippen molar-refractivity contribution in [2.45, 2.75) is 20.3 Å². The van der Waals surface area contributed by atoms with Crippen molar-refractivity contribution in [3.8, 4) is 0 Å². The van der Waals surface area contributed by atoms with Gasteiger partial charge in [0, 0.05) is 30.8 Å². The number of carbonyl (C=O) groups is 1. The maximum absolute atomic E-state index is 12.0. The average molecular weight is 263 g/mol. The first kappa shape index (κ1) is 13.5. The van der Waals surface area contributed by atoms with Gasteiger partial charge in [0.05, 0.1) is 4.92 Å². The van der Waals surface area contributed by atoms with Crippen LogP contribution in [0.2, 0.25) is 0 Å². The molecule has 1 aromatic carbocycles. The van der Waals surface area contributed by atoms with E-state index in [9.17, 15) is 14.9 Å². The number of nitrogens with zero attached hydrogens (tertiary/aromatic N) is 2. The first-order chi connectivity index (χ1) is 8.93. The molecule has 1 aliphatic heterocycles.